The van der Waals surface area contributed by atoms with Crippen LogP contribution in [0.15, 0.2) is 29.2 Å². The van der Waals surface area contributed by atoms with Crippen molar-refractivity contribution in [1.29, 1.82) is 0 Å². The van der Waals surface area contributed by atoms with Gasteiger partial charge in [-0.2, -0.15) is 13.2 Å². The van der Waals surface area contributed by atoms with Crippen LogP contribution in [-0.2, 0) is 0 Å². The molecule has 0 fully saturated rings. The lowest BCUT2D eigenvalue weighted by Crippen LogP contribution is -2.28. The second-order valence-corrected chi connectivity index (χ2v) is 3.06. The fourth-order valence-corrected chi connectivity index (χ4v) is 1.23. The van der Waals surface area contributed by atoms with Gasteiger partial charge in [0.25, 0.3) is 0 Å². The molecule has 0 aliphatic carbocycles. The molecule has 1 atom stereocenters. The zero-order valence-electron chi connectivity index (χ0n) is 6.55. The highest BCUT2D eigenvalue weighted by Gasteiger charge is 2.38. The van der Waals surface area contributed by atoms with E-state index < -0.39 is 12.2 Å². The van der Waals surface area contributed by atoms with Crippen LogP contribution in [0.2, 0.25) is 0 Å². The molecule has 0 saturated heterocycles. The smallest absolute Gasteiger partial charge is 0.316 e. The summed E-state index contributed by atoms with van der Waals surface area (Å²) in [6.45, 7) is 0. The molecule has 0 spiro atoms. The number of thiol groups is 1. The van der Waals surface area contributed by atoms with Gasteiger partial charge in [-0.15, -0.1) is 12.6 Å². The lowest BCUT2D eigenvalue weighted by atomic mass is 10.1. The van der Waals surface area contributed by atoms with Gasteiger partial charge in [-0.3, -0.25) is 0 Å². The molecule has 13 heavy (non-hydrogen) atoms. The van der Waals surface area contributed by atoms with E-state index in [1.165, 1.54) is 18.2 Å². The van der Waals surface area contributed by atoms with Crippen molar-refractivity contribution in [2.24, 2.45) is 5.73 Å². The molecule has 0 heterocycles. The molecule has 0 aliphatic heterocycles. The second-order valence-electron chi connectivity index (χ2n) is 2.58. The summed E-state index contributed by atoms with van der Waals surface area (Å²) in [7, 11) is 0. The lowest BCUT2D eigenvalue weighted by molar-refractivity contribution is -0.149. The maximum atomic E-state index is 12.2. The average Bonchev–Trinajstić information content (AvgIpc) is 2.02. The van der Waals surface area contributed by atoms with E-state index in [2.05, 4.69) is 12.6 Å². The van der Waals surface area contributed by atoms with Gasteiger partial charge in [-0.25, -0.2) is 0 Å². The predicted molar refractivity (Wildman–Crippen MR) is 46.7 cm³/mol. The number of alkyl halides is 3. The molecule has 0 saturated carbocycles. The third-order valence-corrected chi connectivity index (χ3v) is 2.03. The van der Waals surface area contributed by atoms with Crippen molar-refractivity contribution >= 4 is 12.6 Å². The molecule has 2 N–H and O–H groups in total. The van der Waals surface area contributed by atoms with Crippen LogP contribution in [0.25, 0.3) is 0 Å². The van der Waals surface area contributed by atoms with Crippen LogP contribution in [0.5, 0.6) is 0 Å². The van der Waals surface area contributed by atoms with Gasteiger partial charge in [0, 0.05) is 4.90 Å². The number of nitrogens with two attached hydrogens (primary N) is 1. The van der Waals surface area contributed by atoms with Gasteiger partial charge in [0.1, 0.15) is 6.04 Å². The molecule has 0 unspecified atom stereocenters. The first-order valence-corrected chi connectivity index (χ1v) is 3.98. The van der Waals surface area contributed by atoms with Crippen LogP contribution in [0, 0.1) is 0 Å². The Morgan fingerprint density at radius 2 is 1.77 bits per heavy atom. The quantitative estimate of drug-likeness (QED) is 0.680. The summed E-state index contributed by atoms with van der Waals surface area (Å²) in [5.41, 5.74) is 5.00. The summed E-state index contributed by atoms with van der Waals surface area (Å²) >= 11 is 3.89. The van der Waals surface area contributed by atoms with Crippen LogP contribution >= 0.6 is 12.6 Å². The van der Waals surface area contributed by atoms with Crippen LogP contribution in [0.4, 0.5) is 13.2 Å². The Kier molecular flexibility index (Phi) is 2.87. The third kappa shape index (κ3) is 2.38. The highest BCUT2D eigenvalue weighted by Crippen LogP contribution is 2.33. The summed E-state index contributed by atoms with van der Waals surface area (Å²) in [5.74, 6) is 0. The van der Waals surface area contributed by atoms with Crippen LogP contribution in [0.3, 0.4) is 0 Å². The third-order valence-electron chi connectivity index (χ3n) is 1.62. The largest absolute Gasteiger partial charge is 0.407 e. The van der Waals surface area contributed by atoms with E-state index in [0.29, 0.717) is 0 Å². The van der Waals surface area contributed by atoms with Gasteiger partial charge in [0.15, 0.2) is 0 Å². The zero-order valence-corrected chi connectivity index (χ0v) is 7.44. The van der Waals surface area contributed by atoms with Crippen LogP contribution in [-0.4, -0.2) is 6.18 Å². The first-order valence-electron chi connectivity index (χ1n) is 3.53. The molecule has 0 amide bonds. The Bertz CT molecular complexity index is 298. The Balaban J connectivity index is 3.02. The average molecular weight is 207 g/mol. The summed E-state index contributed by atoms with van der Waals surface area (Å²) in [6, 6.07) is 3.95. The number of rotatable bonds is 1. The Hall–Kier alpha value is -0.680. The number of hydrogen-bond donors (Lipinski definition) is 2. The monoisotopic (exact) mass is 207 g/mol. The van der Waals surface area contributed by atoms with Gasteiger partial charge in [0.2, 0.25) is 0 Å². The van der Waals surface area contributed by atoms with E-state index in [0.717, 1.165) is 0 Å². The molecule has 5 heteroatoms. The molecular weight excluding hydrogens is 199 g/mol. The van der Waals surface area contributed by atoms with Crippen molar-refractivity contribution in [2.75, 3.05) is 0 Å². The van der Waals surface area contributed by atoms with Gasteiger partial charge >= 0.3 is 6.18 Å². The van der Waals surface area contributed by atoms with E-state index in [1.807, 2.05) is 0 Å². The topological polar surface area (TPSA) is 26.0 Å². The first kappa shape index (κ1) is 10.4. The minimum atomic E-state index is -4.42. The van der Waals surface area contributed by atoms with E-state index in [4.69, 9.17) is 5.73 Å². The first-order chi connectivity index (χ1) is 5.93. The van der Waals surface area contributed by atoms with Gasteiger partial charge in [-0.1, -0.05) is 18.2 Å². The van der Waals surface area contributed by atoms with Gasteiger partial charge in [-0.05, 0) is 11.6 Å². The number of halogens is 3. The molecule has 0 radical (unpaired) electrons. The minimum Gasteiger partial charge on any atom is -0.316 e. The highest BCUT2D eigenvalue weighted by atomic mass is 32.1. The lowest BCUT2D eigenvalue weighted by Gasteiger charge is -2.17. The molecule has 0 aliphatic rings. The zero-order chi connectivity index (χ0) is 10.1. The van der Waals surface area contributed by atoms with E-state index in [9.17, 15) is 13.2 Å². The number of hydrogen-bond acceptors (Lipinski definition) is 2. The maximum absolute atomic E-state index is 12.2. The van der Waals surface area contributed by atoms with Crippen molar-refractivity contribution in [3.05, 3.63) is 29.8 Å². The van der Waals surface area contributed by atoms with E-state index in [-0.39, 0.29) is 10.5 Å². The SMILES string of the molecule is N[C@H](c1ccccc1S)C(F)(F)F. The molecular formula is C8H8F3NS. The summed E-state index contributed by atoms with van der Waals surface area (Å²) in [6.07, 6.45) is -4.42. The highest BCUT2D eigenvalue weighted by molar-refractivity contribution is 7.80. The summed E-state index contributed by atoms with van der Waals surface area (Å²) < 4.78 is 36.5. The molecule has 1 rings (SSSR count). The molecule has 0 aromatic heterocycles. The molecule has 0 bridgehead atoms. The van der Waals surface area contributed by atoms with Crippen molar-refractivity contribution in [3.8, 4) is 0 Å². The molecule has 1 aromatic carbocycles. The molecule has 72 valence electrons. The van der Waals surface area contributed by atoms with Gasteiger partial charge in [0.05, 0.1) is 0 Å². The fourth-order valence-electron chi connectivity index (χ4n) is 0.927. The normalized spacial score (nSPS) is 14.2. The summed E-state index contributed by atoms with van der Waals surface area (Å²) in [4.78, 5) is 0.257. The van der Waals surface area contributed by atoms with Crippen molar-refractivity contribution in [1.82, 2.24) is 0 Å². The van der Waals surface area contributed by atoms with Crippen molar-refractivity contribution < 1.29 is 13.2 Å². The van der Waals surface area contributed by atoms with Crippen LogP contribution < -0.4 is 5.73 Å². The molecule has 1 aromatic rings. The van der Waals surface area contributed by atoms with Crippen molar-refractivity contribution in [2.45, 2.75) is 17.1 Å². The van der Waals surface area contributed by atoms with Crippen molar-refractivity contribution in [3.63, 3.8) is 0 Å². The van der Waals surface area contributed by atoms with E-state index in [1.54, 1.807) is 6.07 Å². The maximum Gasteiger partial charge on any atom is 0.407 e. The Morgan fingerprint density at radius 3 is 2.23 bits per heavy atom. The predicted octanol–water partition coefficient (Wildman–Crippen LogP) is 2.54. The minimum absolute atomic E-state index is 0.00154. The second kappa shape index (κ2) is 3.59. The Morgan fingerprint density at radius 1 is 1.23 bits per heavy atom. The molecule has 1 nitrogen and oxygen atoms in total. The Labute approximate surface area is 79.2 Å². The number of benzene rings is 1. The standard InChI is InChI=1S/C8H8F3NS/c9-8(10,11)7(12)5-3-1-2-4-6(5)13/h1-4,7,13H,12H2/t7-/m1/s1. The van der Waals surface area contributed by atoms with Crippen LogP contribution in [0.1, 0.15) is 11.6 Å². The van der Waals surface area contributed by atoms with Gasteiger partial charge < -0.3 is 5.73 Å². The van der Waals surface area contributed by atoms with E-state index >= 15 is 0 Å². The summed E-state index contributed by atoms with van der Waals surface area (Å²) in [5, 5.41) is 0. The fraction of sp³-hybridized carbons (Fsp3) is 0.250.